The van der Waals surface area contributed by atoms with Gasteiger partial charge in [0.05, 0.1) is 30.3 Å². The highest BCUT2D eigenvalue weighted by Crippen LogP contribution is 2.44. The predicted molar refractivity (Wildman–Crippen MR) is 102 cm³/mol. The second-order valence-corrected chi connectivity index (χ2v) is 8.23. The number of fused-ring (bicyclic) bond motifs is 1. The molecule has 1 fully saturated rings. The molecule has 1 amide bonds. The van der Waals surface area contributed by atoms with Crippen LogP contribution in [0.1, 0.15) is 60.7 Å². The zero-order chi connectivity index (χ0) is 21.0. The summed E-state index contributed by atoms with van der Waals surface area (Å²) in [5.41, 5.74) is 2.21. The minimum atomic E-state index is -4.39. The molecule has 5 nitrogen and oxygen atoms in total. The molecular formula is C21H23F3N4O. The molecule has 0 spiro atoms. The van der Waals surface area contributed by atoms with Gasteiger partial charge in [-0.3, -0.25) is 4.79 Å². The minimum absolute atomic E-state index is 0.0884. The van der Waals surface area contributed by atoms with Crippen molar-refractivity contribution in [3.63, 3.8) is 0 Å². The highest BCUT2D eigenvalue weighted by molar-refractivity contribution is 5.83. The number of nitrogens with one attached hydrogen (secondary N) is 1. The summed E-state index contributed by atoms with van der Waals surface area (Å²) in [5, 5.41) is 11.7. The van der Waals surface area contributed by atoms with E-state index in [0.29, 0.717) is 23.6 Å². The second kappa shape index (κ2) is 6.71. The molecule has 0 unspecified atom stereocenters. The Morgan fingerprint density at radius 1 is 1.21 bits per heavy atom. The summed E-state index contributed by atoms with van der Waals surface area (Å²) in [6, 6.07) is 4.86. The van der Waals surface area contributed by atoms with Crippen LogP contribution < -0.4 is 5.32 Å². The van der Waals surface area contributed by atoms with Gasteiger partial charge in [-0.2, -0.15) is 18.3 Å². The van der Waals surface area contributed by atoms with Gasteiger partial charge in [-0.15, -0.1) is 5.10 Å². The van der Waals surface area contributed by atoms with Crippen molar-refractivity contribution in [3.05, 3.63) is 52.2 Å². The zero-order valence-electron chi connectivity index (χ0n) is 16.6. The summed E-state index contributed by atoms with van der Waals surface area (Å²) in [6.45, 7) is 6.14. The van der Waals surface area contributed by atoms with Crippen LogP contribution in [0.5, 0.6) is 0 Å². The van der Waals surface area contributed by atoms with E-state index < -0.39 is 17.8 Å². The molecule has 0 bridgehead atoms. The lowest BCUT2D eigenvalue weighted by Gasteiger charge is -2.35. The molecule has 1 N–H and O–H groups in total. The summed E-state index contributed by atoms with van der Waals surface area (Å²) in [7, 11) is 0. The van der Waals surface area contributed by atoms with E-state index in [2.05, 4.69) is 22.4 Å². The third-order valence-electron chi connectivity index (χ3n) is 6.02. The van der Waals surface area contributed by atoms with Gasteiger partial charge in [0.25, 0.3) is 0 Å². The fourth-order valence-corrected chi connectivity index (χ4v) is 3.84. The standard InChI is InChI=1S/C21H23F3N4O/c1-12(14-5-4-6-15(9-14)21(22,23)24)25-19-17-11-28(20(3)7-8-20)18(29)10-16(17)13(2)26-27-19/h4-6,9,12H,7-8,10-11H2,1-3H3,(H,25,27)/t12-/m1/s1. The van der Waals surface area contributed by atoms with Gasteiger partial charge < -0.3 is 10.2 Å². The van der Waals surface area contributed by atoms with E-state index in [1.165, 1.54) is 6.07 Å². The average Bonchev–Trinajstić information content (AvgIpc) is 3.41. The molecule has 2 aliphatic rings. The van der Waals surface area contributed by atoms with E-state index in [0.717, 1.165) is 36.1 Å². The van der Waals surface area contributed by atoms with E-state index in [1.807, 2.05) is 11.8 Å². The van der Waals surface area contributed by atoms with Gasteiger partial charge in [0, 0.05) is 11.1 Å². The molecule has 2 aromatic rings. The van der Waals surface area contributed by atoms with Gasteiger partial charge in [0.2, 0.25) is 5.91 Å². The Bertz CT molecular complexity index is 969. The lowest BCUT2D eigenvalue weighted by Crippen LogP contribution is -2.44. The van der Waals surface area contributed by atoms with Gasteiger partial charge in [-0.25, -0.2) is 0 Å². The van der Waals surface area contributed by atoms with E-state index in [9.17, 15) is 18.0 Å². The molecule has 1 aliphatic heterocycles. The van der Waals surface area contributed by atoms with Crippen LogP contribution in [0, 0.1) is 6.92 Å². The van der Waals surface area contributed by atoms with E-state index in [1.54, 1.807) is 13.0 Å². The van der Waals surface area contributed by atoms with Crippen molar-refractivity contribution >= 4 is 11.7 Å². The number of nitrogens with zero attached hydrogens (tertiary/aromatic N) is 3. The van der Waals surface area contributed by atoms with Crippen LogP contribution >= 0.6 is 0 Å². The monoisotopic (exact) mass is 404 g/mol. The largest absolute Gasteiger partial charge is 0.416 e. The fourth-order valence-electron chi connectivity index (χ4n) is 3.84. The van der Waals surface area contributed by atoms with Crippen LogP contribution in [0.2, 0.25) is 0 Å². The molecule has 8 heteroatoms. The van der Waals surface area contributed by atoms with Gasteiger partial charge in [0.1, 0.15) is 0 Å². The maximum Gasteiger partial charge on any atom is 0.416 e. The van der Waals surface area contributed by atoms with Crippen molar-refractivity contribution < 1.29 is 18.0 Å². The SMILES string of the molecule is Cc1nnc(N[C@H](C)c2cccc(C(F)(F)F)c2)c2c1CC(=O)N(C1(C)CC1)C2. The number of alkyl halides is 3. The Morgan fingerprint density at radius 2 is 1.93 bits per heavy atom. The number of hydrogen-bond acceptors (Lipinski definition) is 4. The molecule has 1 atom stereocenters. The number of aryl methyl sites for hydroxylation is 1. The van der Waals surface area contributed by atoms with E-state index in [-0.39, 0.29) is 17.9 Å². The first-order chi connectivity index (χ1) is 13.6. The van der Waals surface area contributed by atoms with Crippen molar-refractivity contribution in [2.45, 2.75) is 64.3 Å². The van der Waals surface area contributed by atoms with Crippen LogP contribution in [-0.4, -0.2) is 26.5 Å². The summed E-state index contributed by atoms with van der Waals surface area (Å²) < 4.78 is 39.1. The third-order valence-corrected chi connectivity index (χ3v) is 6.02. The number of amides is 1. The topological polar surface area (TPSA) is 58.1 Å². The Hall–Kier alpha value is -2.64. The van der Waals surface area contributed by atoms with Crippen LogP contribution in [-0.2, 0) is 23.9 Å². The van der Waals surface area contributed by atoms with Crippen molar-refractivity contribution in [1.82, 2.24) is 15.1 Å². The van der Waals surface area contributed by atoms with Gasteiger partial charge in [-0.1, -0.05) is 12.1 Å². The first-order valence-corrected chi connectivity index (χ1v) is 9.68. The van der Waals surface area contributed by atoms with Crippen molar-refractivity contribution in [3.8, 4) is 0 Å². The quantitative estimate of drug-likeness (QED) is 0.820. The number of rotatable bonds is 4. The first-order valence-electron chi connectivity index (χ1n) is 9.68. The molecule has 0 saturated heterocycles. The Labute approximate surface area is 167 Å². The number of anilines is 1. The lowest BCUT2D eigenvalue weighted by atomic mass is 9.96. The first kappa shape index (κ1) is 19.7. The highest BCUT2D eigenvalue weighted by Gasteiger charge is 2.47. The Kier molecular flexibility index (Phi) is 4.55. The number of aromatic nitrogens is 2. The summed E-state index contributed by atoms with van der Waals surface area (Å²) >= 11 is 0. The summed E-state index contributed by atoms with van der Waals surface area (Å²) in [5.74, 6) is 0.614. The lowest BCUT2D eigenvalue weighted by molar-refractivity contribution is -0.137. The van der Waals surface area contributed by atoms with Crippen LogP contribution in [0.3, 0.4) is 0 Å². The van der Waals surface area contributed by atoms with Gasteiger partial charge in [-0.05, 0) is 56.9 Å². The van der Waals surface area contributed by atoms with Crippen molar-refractivity contribution in [1.29, 1.82) is 0 Å². The second-order valence-electron chi connectivity index (χ2n) is 8.23. The van der Waals surface area contributed by atoms with E-state index >= 15 is 0 Å². The van der Waals surface area contributed by atoms with Crippen LogP contribution in [0.4, 0.5) is 19.0 Å². The smallest absolute Gasteiger partial charge is 0.362 e. The molecule has 0 radical (unpaired) electrons. The third kappa shape index (κ3) is 3.68. The van der Waals surface area contributed by atoms with Crippen LogP contribution in [0.25, 0.3) is 0 Å². The fraction of sp³-hybridized carbons (Fsp3) is 0.476. The molecule has 1 aromatic carbocycles. The molecule has 4 rings (SSSR count). The normalized spacial score (nSPS) is 19.0. The molecule has 29 heavy (non-hydrogen) atoms. The number of carbonyl (C=O) groups is 1. The Morgan fingerprint density at radius 3 is 2.59 bits per heavy atom. The maximum atomic E-state index is 13.0. The number of hydrogen-bond donors (Lipinski definition) is 1. The summed E-state index contributed by atoms with van der Waals surface area (Å²) in [4.78, 5) is 14.5. The van der Waals surface area contributed by atoms with E-state index in [4.69, 9.17) is 0 Å². The Balaban J connectivity index is 1.64. The zero-order valence-corrected chi connectivity index (χ0v) is 16.6. The number of carbonyl (C=O) groups excluding carboxylic acids is 1. The van der Waals surface area contributed by atoms with Crippen LogP contribution in [0.15, 0.2) is 24.3 Å². The number of halogens is 3. The molecule has 1 saturated carbocycles. The highest BCUT2D eigenvalue weighted by atomic mass is 19.4. The number of benzene rings is 1. The average molecular weight is 404 g/mol. The molecule has 154 valence electrons. The minimum Gasteiger partial charge on any atom is -0.362 e. The predicted octanol–water partition coefficient (Wildman–Crippen LogP) is 4.41. The van der Waals surface area contributed by atoms with Gasteiger partial charge in [0.15, 0.2) is 5.82 Å². The van der Waals surface area contributed by atoms with Crippen molar-refractivity contribution in [2.75, 3.05) is 5.32 Å². The van der Waals surface area contributed by atoms with Crippen molar-refractivity contribution in [2.24, 2.45) is 0 Å². The molecule has 1 aromatic heterocycles. The maximum absolute atomic E-state index is 13.0. The summed E-state index contributed by atoms with van der Waals surface area (Å²) in [6.07, 6.45) is -2.15. The molecular weight excluding hydrogens is 381 g/mol. The molecule has 1 aliphatic carbocycles. The molecule has 2 heterocycles. The van der Waals surface area contributed by atoms with Gasteiger partial charge >= 0.3 is 6.18 Å².